The van der Waals surface area contributed by atoms with Gasteiger partial charge in [-0.2, -0.15) is 5.10 Å². The van der Waals surface area contributed by atoms with Crippen LogP contribution in [0.15, 0.2) is 29.3 Å². The number of hydrogen-bond donors (Lipinski definition) is 3. The van der Waals surface area contributed by atoms with Gasteiger partial charge in [-0.25, -0.2) is 8.42 Å². The lowest BCUT2D eigenvalue weighted by molar-refractivity contribution is 0.602. The first-order valence-corrected chi connectivity index (χ1v) is 8.60. The zero-order chi connectivity index (χ0) is 15.5. The minimum atomic E-state index is -3.31. The molecule has 114 valence electrons. The Morgan fingerprint density at radius 1 is 1.38 bits per heavy atom. The standard InChI is InChI=1S/C14H20N4O2S/c1-10-11(9-17-18-10)5-4-8-16-12-6-3-7-13(14(12)15)21(2,19)20/h3,6-7,9,16H,4-5,8,15H2,1-2H3,(H,17,18). The Morgan fingerprint density at radius 2 is 2.14 bits per heavy atom. The second kappa shape index (κ2) is 6.17. The second-order valence-corrected chi connectivity index (χ2v) is 7.02. The molecule has 2 rings (SSSR count). The highest BCUT2D eigenvalue weighted by atomic mass is 32.2. The Balaban J connectivity index is 1.97. The Bertz CT molecular complexity index is 722. The van der Waals surface area contributed by atoms with E-state index in [1.54, 1.807) is 12.1 Å². The summed E-state index contributed by atoms with van der Waals surface area (Å²) in [6.07, 6.45) is 4.79. The molecule has 6 nitrogen and oxygen atoms in total. The van der Waals surface area contributed by atoms with Crippen molar-refractivity contribution >= 4 is 21.2 Å². The lowest BCUT2D eigenvalue weighted by Crippen LogP contribution is -2.09. The fraction of sp³-hybridized carbons (Fsp3) is 0.357. The van der Waals surface area contributed by atoms with Crippen molar-refractivity contribution in [1.29, 1.82) is 0 Å². The normalized spacial score (nSPS) is 11.5. The molecule has 0 bridgehead atoms. The summed E-state index contributed by atoms with van der Waals surface area (Å²) in [5.74, 6) is 0. The van der Waals surface area contributed by atoms with Gasteiger partial charge >= 0.3 is 0 Å². The van der Waals surface area contributed by atoms with Gasteiger partial charge in [0, 0.05) is 18.5 Å². The molecular weight excluding hydrogens is 288 g/mol. The molecule has 0 spiro atoms. The number of sulfone groups is 1. The van der Waals surface area contributed by atoms with Gasteiger partial charge in [0.1, 0.15) is 0 Å². The Labute approximate surface area is 124 Å². The number of nitrogen functional groups attached to an aromatic ring is 1. The summed E-state index contributed by atoms with van der Waals surface area (Å²) in [5, 5.41) is 10.1. The zero-order valence-electron chi connectivity index (χ0n) is 12.2. The third-order valence-corrected chi connectivity index (χ3v) is 4.49. The van der Waals surface area contributed by atoms with Gasteiger partial charge in [0.05, 0.1) is 22.5 Å². The lowest BCUT2D eigenvalue weighted by atomic mass is 10.1. The van der Waals surface area contributed by atoms with Crippen LogP contribution in [0.3, 0.4) is 0 Å². The quantitative estimate of drug-likeness (QED) is 0.557. The highest BCUT2D eigenvalue weighted by Crippen LogP contribution is 2.26. The number of aryl methyl sites for hydroxylation is 2. The van der Waals surface area contributed by atoms with Crippen molar-refractivity contribution < 1.29 is 8.42 Å². The van der Waals surface area contributed by atoms with Crippen LogP contribution >= 0.6 is 0 Å². The molecule has 0 fully saturated rings. The van der Waals surface area contributed by atoms with Gasteiger partial charge in [-0.1, -0.05) is 6.07 Å². The van der Waals surface area contributed by atoms with E-state index >= 15 is 0 Å². The number of nitrogens with zero attached hydrogens (tertiary/aromatic N) is 1. The number of anilines is 2. The first-order valence-electron chi connectivity index (χ1n) is 6.71. The van der Waals surface area contributed by atoms with E-state index < -0.39 is 9.84 Å². The summed E-state index contributed by atoms with van der Waals surface area (Å²) < 4.78 is 23.2. The van der Waals surface area contributed by atoms with Gasteiger partial charge in [-0.3, -0.25) is 5.10 Å². The summed E-state index contributed by atoms with van der Waals surface area (Å²) in [4.78, 5) is 0.165. The molecule has 0 saturated carbocycles. The Kier molecular flexibility index (Phi) is 4.52. The minimum absolute atomic E-state index is 0.165. The van der Waals surface area contributed by atoms with Crippen LogP contribution in [0.4, 0.5) is 11.4 Å². The first kappa shape index (κ1) is 15.4. The molecule has 0 aliphatic heterocycles. The van der Waals surface area contributed by atoms with Crippen LogP contribution in [0.1, 0.15) is 17.7 Å². The fourth-order valence-corrected chi connectivity index (χ4v) is 2.99. The first-order chi connectivity index (χ1) is 9.89. The zero-order valence-corrected chi connectivity index (χ0v) is 13.0. The van der Waals surface area contributed by atoms with Gasteiger partial charge < -0.3 is 11.1 Å². The van der Waals surface area contributed by atoms with Crippen LogP contribution in [0.2, 0.25) is 0 Å². The van der Waals surface area contributed by atoms with Crippen LogP contribution in [0.25, 0.3) is 0 Å². The summed E-state index contributed by atoms with van der Waals surface area (Å²) in [5.41, 5.74) is 9.11. The average Bonchev–Trinajstić information content (AvgIpc) is 2.80. The molecule has 0 amide bonds. The molecule has 0 aliphatic rings. The van der Waals surface area contributed by atoms with Crippen LogP contribution < -0.4 is 11.1 Å². The highest BCUT2D eigenvalue weighted by molar-refractivity contribution is 7.90. The van der Waals surface area contributed by atoms with E-state index in [1.807, 2.05) is 13.1 Å². The monoisotopic (exact) mass is 308 g/mol. The molecule has 7 heteroatoms. The van der Waals surface area contributed by atoms with Gasteiger partial charge in [-0.15, -0.1) is 0 Å². The molecular formula is C14H20N4O2S. The van der Waals surface area contributed by atoms with Crippen molar-refractivity contribution in [3.05, 3.63) is 35.7 Å². The predicted molar refractivity (Wildman–Crippen MR) is 84.1 cm³/mol. The number of para-hydroxylation sites is 1. The maximum absolute atomic E-state index is 11.6. The lowest BCUT2D eigenvalue weighted by Gasteiger charge is -2.12. The predicted octanol–water partition coefficient (Wildman–Crippen LogP) is 1.75. The maximum atomic E-state index is 11.6. The largest absolute Gasteiger partial charge is 0.396 e. The third-order valence-electron chi connectivity index (χ3n) is 3.34. The molecule has 0 radical (unpaired) electrons. The molecule has 21 heavy (non-hydrogen) atoms. The van der Waals surface area contributed by atoms with Crippen molar-refractivity contribution in [2.45, 2.75) is 24.7 Å². The summed E-state index contributed by atoms with van der Waals surface area (Å²) >= 11 is 0. The minimum Gasteiger partial charge on any atom is -0.396 e. The number of benzene rings is 1. The van der Waals surface area contributed by atoms with E-state index in [9.17, 15) is 8.42 Å². The number of nitrogens with two attached hydrogens (primary N) is 1. The molecule has 1 aromatic carbocycles. The molecule has 0 aliphatic carbocycles. The van der Waals surface area contributed by atoms with E-state index in [-0.39, 0.29) is 10.6 Å². The summed E-state index contributed by atoms with van der Waals surface area (Å²) in [6, 6.07) is 4.99. The van der Waals surface area contributed by atoms with E-state index in [1.165, 1.54) is 11.6 Å². The number of aromatic amines is 1. The molecule has 1 heterocycles. The number of H-pyrrole nitrogens is 1. The second-order valence-electron chi connectivity index (χ2n) is 5.04. The van der Waals surface area contributed by atoms with Crippen LogP contribution in [0.5, 0.6) is 0 Å². The Morgan fingerprint density at radius 3 is 2.76 bits per heavy atom. The van der Waals surface area contributed by atoms with Crippen molar-refractivity contribution in [3.63, 3.8) is 0 Å². The number of hydrogen-bond acceptors (Lipinski definition) is 5. The van der Waals surface area contributed by atoms with E-state index in [2.05, 4.69) is 15.5 Å². The third kappa shape index (κ3) is 3.75. The van der Waals surface area contributed by atoms with Crippen molar-refractivity contribution in [2.24, 2.45) is 0 Å². The summed E-state index contributed by atoms with van der Waals surface area (Å²) in [7, 11) is -3.31. The van der Waals surface area contributed by atoms with Gasteiger partial charge in [0.15, 0.2) is 9.84 Å². The smallest absolute Gasteiger partial charge is 0.177 e. The van der Waals surface area contributed by atoms with Crippen molar-refractivity contribution in [2.75, 3.05) is 23.9 Å². The SMILES string of the molecule is Cc1[nH]ncc1CCCNc1cccc(S(C)(=O)=O)c1N. The summed E-state index contributed by atoms with van der Waals surface area (Å²) in [6.45, 7) is 2.70. The van der Waals surface area contributed by atoms with Gasteiger partial charge in [-0.05, 0) is 37.5 Å². The topological polar surface area (TPSA) is 101 Å². The highest BCUT2D eigenvalue weighted by Gasteiger charge is 2.13. The molecule has 1 aromatic heterocycles. The molecule has 0 saturated heterocycles. The number of aromatic nitrogens is 2. The van der Waals surface area contributed by atoms with E-state index in [0.717, 1.165) is 24.8 Å². The molecule has 2 aromatic rings. The van der Waals surface area contributed by atoms with E-state index in [0.29, 0.717) is 12.2 Å². The molecule has 0 unspecified atom stereocenters. The number of rotatable bonds is 6. The van der Waals surface area contributed by atoms with Crippen molar-refractivity contribution in [3.8, 4) is 0 Å². The maximum Gasteiger partial charge on any atom is 0.177 e. The average molecular weight is 308 g/mol. The van der Waals surface area contributed by atoms with Crippen molar-refractivity contribution in [1.82, 2.24) is 10.2 Å². The van der Waals surface area contributed by atoms with Crippen LogP contribution in [0, 0.1) is 6.92 Å². The van der Waals surface area contributed by atoms with Crippen LogP contribution in [-0.4, -0.2) is 31.4 Å². The molecule has 4 N–H and O–H groups in total. The number of nitrogens with one attached hydrogen (secondary N) is 2. The van der Waals surface area contributed by atoms with Crippen LogP contribution in [-0.2, 0) is 16.3 Å². The fourth-order valence-electron chi connectivity index (χ4n) is 2.15. The van der Waals surface area contributed by atoms with E-state index in [4.69, 9.17) is 5.73 Å². The molecule has 0 atom stereocenters. The van der Waals surface area contributed by atoms with Gasteiger partial charge in [0.25, 0.3) is 0 Å². The van der Waals surface area contributed by atoms with Gasteiger partial charge in [0.2, 0.25) is 0 Å². The Hall–Kier alpha value is -2.02.